The molecule has 3 amide bonds. The number of carbonyl (C=O) groups excluding carboxylic acids is 2. The van der Waals surface area contributed by atoms with Gasteiger partial charge >= 0.3 is 6.09 Å². The Kier molecular flexibility index (Phi) is 7.80. The lowest BCUT2D eigenvalue weighted by Crippen LogP contribution is -2.49. The lowest BCUT2D eigenvalue weighted by atomic mass is 9.90. The van der Waals surface area contributed by atoms with E-state index in [1.54, 1.807) is 6.07 Å². The van der Waals surface area contributed by atoms with Crippen molar-refractivity contribution in [1.29, 1.82) is 0 Å². The van der Waals surface area contributed by atoms with E-state index in [9.17, 15) is 23.2 Å². The maximum atomic E-state index is 14.3. The fourth-order valence-corrected chi connectivity index (χ4v) is 3.98. The molecular formula is C24H28F2N4O4. The van der Waals surface area contributed by atoms with Gasteiger partial charge in [0.25, 0.3) is 17.7 Å². The van der Waals surface area contributed by atoms with Crippen LogP contribution in [0.1, 0.15) is 57.8 Å². The van der Waals surface area contributed by atoms with E-state index in [-0.39, 0.29) is 43.2 Å². The number of pyridine rings is 1. The van der Waals surface area contributed by atoms with Gasteiger partial charge in [-0.2, -0.15) is 0 Å². The van der Waals surface area contributed by atoms with E-state index in [0.717, 1.165) is 10.5 Å². The summed E-state index contributed by atoms with van der Waals surface area (Å²) in [6.45, 7) is 1.35. The van der Waals surface area contributed by atoms with Gasteiger partial charge in [0.2, 0.25) is 0 Å². The van der Waals surface area contributed by atoms with E-state index in [1.165, 1.54) is 13.1 Å². The van der Waals surface area contributed by atoms with E-state index in [1.807, 2.05) is 37.3 Å². The zero-order valence-electron chi connectivity index (χ0n) is 19.1. The van der Waals surface area contributed by atoms with E-state index in [0.29, 0.717) is 5.69 Å². The molecule has 1 aromatic carbocycles. The van der Waals surface area contributed by atoms with Gasteiger partial charge in [0.05, 0.1) is 0 Å². The number of benzene rings is 1. The van der Waals surface area contributed by atoms with E-state index in [2.05, 4.69) is 15.6 Å². The number of hydrogen-bond acceptors (Lipinski definition) is 4. The molecule has 3 rings (SSSR count). The number of nitrogens with zero attached hydrogens (tertiary/aromatic N) is 2. The maximum absolute atomic E-state index is 14.3. The smallest absolute Gasteiger partial charge is 0.407 e. The molecule has 1 aliphatic rings. The van der Waals surface area contributed by atoms with Gasteiger partial charge in [-0.25, -0.2) is 18.6 Å². The molecule has 0 saturated carbocycles. The van der Waals surface area contributed by atoms with Crippen molar-refractivity contribution in [2.45, 2.75) is 31.6 Å². The number of nitrogens with one attached hydrogen (secondary N) is 2. The van der Waals surface area contributed by atoms with E-state index >= 15 is 0 Å². The Morgan fingerprint density at radius 3 is 2.56 bits per heavy atom. The van der Waals surface area contributed by atoms with Crippen LogP contribution in [0.2, 0.25) is 0 Å². The number of rotatable bonds is 7. The molecule has 0 radical (unpaired) electrons. The second-order valence-electron chi connectivity index (χ2n) is 8.36. The summed E-state index contributed by atoms with van der Waals surface area (Å²) in [4.78, 5) is 41.6. The zero-order valence-corrected chi connectivity index (χ0v) is 19.1. The molecular weight excluding hydrogens is 446 g/mol. The predicted molar refractivity (Wildman–Crippen MR) is 121 cm³/mol. The van der Waals surface area contributed by atoms with Crippen molar-refractivity contribution in [3.05, 3.63) is 65.0 Å². The molecule has 0 spiro atoms. The Balaban J connectivity index is 1.74. The molecule has 3 N–H and O–H groups in total. The Bertz CT molecular complexity index is 1050. The van der Waals surface area contributed by atoms with Crippen LogP contribution < -0.4 is 10.6 Å². The van der Waals surface area contributed by atoms with Gasteiger partial charge in [-0.15, -0.1) is 0 Å². The largest absolute Gasteiger partial charge is 0.465 e. The average molecular weight is 475 g/mol. The Morgan fingerprint density at radius 1 is 1.21 bits per heavy atom. The molecule has 182 valence electrons. The first kappa shape index (κ1) is 25.1. The van der Waals surface area contributed by atoms with Crippen molar-refractivity contribution < 1.29 is 28.3 Å². The SMILES string of the molecule is CNC(=O)c1cc(C(=O)NCCC2CN(C(=O)O)CCC2(F)F)cc([C@@H](C)c2ccccc2)n1. The van der Waals surface area contributed by atoms with E-state index < -0.39 is 36.2 Å². The molecule has 1 fully saturated rings. The molecule has 34 heavy (non-hydrogen) atoms. The third-order valence-corrected chi connectivity index (χ3v) is 6.11. The number of likely N-dealkylation sites (tertiary alicyclic amines) is 1. The lowest BCUT2D eigenvalue weighted by Gasteiger charge is -2.37. The molecule has 1 aromatic heterocycles. The van der Waals surface area contributed by atoms with Crippen LogP contribution in [0.15, 0.2) is 42.5 Å². The molecule has 0 aliphatic carbocycles. The monoisotopic (exact) mass is 474 g/mol. The third-order valence-electron chi connectivity index (χ3n) is 6.11. The Morgan fingerprint density at radius 2 is 1.91 bits per heavy atom. The van der Waals surface area contributed by atoms with Gasteiger partial charge in [-0.05, 0) is 24.1 Å². The topological polar surface area (TPSA) is 112 Å². The summed E-state index contributed by atoms with van der Waals surface area (Å²) in [6.07, 6.45) is -1.86. The molecule has 2 atom stereocenters. The van der Waals surface area contributed by atoms with Crippen LogP contribution in [0.4, 0.5) is 13.6 Å². The Hall–Kier alpha value is -3.56. The summed E-state index contributed by atoms with van der Waals surface area (Å²) in [5, 5.41) is 14.2. The standard InChI is InChI=1S/C24H28F2N4O4/c1-15(16-6-4-3-5-7-16)19-12-17(13-20(29-19)22(32)27-2)21(31)28-10-8-18-14-30(23(33)34)11-9-24(18,25)26/h3-7,12-13,15,18H,8-11,14H2,1-2H3,(H,27,32)(H,28,31)(H,33,34)/t15-,18?/m0/s1. The highest BCUT2D eigenvalue weighted by atomic mass is 19.3. The molecule has 0 bridgehead atoms. The summed E-state index contributed by atoms with van der Waals surface area (Å²) >= 11 is 0. The number of halogens is 2. The quantitative estimate of drug-likeness (QED) is 0.570. The molecule has 2 aromatic rings. The molecule has 2 heterocycles. The molecule has 10 heteroatoms. The lowest BCUT2D eigenvalue weighted by molar-refractivity contribution is -0.102. The summed E-state index contributed by atoms with van der Waals surface area (Å²) < 4.78 is 28.5. The van der Waals surface area contributed by atoms with Crippen molar-refractivity contribution in [2.75, 3.05) is 26.7 Å². The first-order chi connectivity index (χ1) is 16.1. The predicted octanol–water partition coefficient (Wildman–Crippen LogP) is 3.35. The fraction of sp³-hybridized carbons (Fsp3) is 0.417. The van der Waals surface area contributed by atoms with Crippen LogP contribution >= 0.6 is 0 Å². The van der Waals surface area contributed by atoms with Crippen LogP contribution in [0, 0.1) is 5.92 Å². The molecule has 1 unspecified atom stereocenters. The first-order valence-corrected chi connectivity index (χ1v) is 11.0. The van der Waals surface area contributed by atoms with Crippen molar-refractivity contribution >= 4 is 17.9 Å². The minimum atomic E-state index is -3.00. The Labute approximate surface area is 196 Å². The van der Waals surface area contributed by atoms with Gasteiger partial charge in [-0.1, -0.05) is 37.3 Å². The summed E-state index contributed by atoms with van der Waals surface area (Å²) in [6, 6.07) is 12.4. The third kappa shape index (κ3) is 5.86. The van der Waals surface area contributed by atoms with Gasteiger partial charge in [-0.3, -0.25) is 9.59 Å². The second-order valence-corrected chi connectivity index (χ2v) is 8.36. The number of hydrogen-bond donors (Lipinski definition) is 3. The van der Waals surface area contributed by atoms with Crippen molar-refractivity contribution in [1.82, 2.24) is 20.5 Å². The number of aromatic nitrogens is 1. The minimum Gasteiger partial charge on any atom is -0.465 e. The van der Waals surface area contributed by atoms with Crippen LogP contribution in [0.25, 0.3) is 0 Å². The number of amides is 3. The second kappa shape index (κ2) is 10.6. The van der Waals surface area contributed by atoms with Crippen LogP contribution in [0.3, 0.4) is 0 Å². The van der Waals surface area contributed by atoms with Gasteiger partial charge in [0.15, 0.2) is 0 Å². The maximum Gasteiger partial charge on any atom is 0.407 e. The molecule has 1 aliphatic heterocycles. The highest BCUT2D eigenvalue weighted by Gasteiger charge is 2.44. The first-order valence-electron chi connectivity index (χ1n) is 11.0. The summed E-state index contributed by atoms with van der Waals surface area (Å²) in [5.74, 6) is -5.36. The highest BCUT2D eigenvalue weighted by molar-refractivity contribution is 5.98. The van der Waals surface area contributed by atoms with Crippen LogP contribution in [-0.2, 0) is 0 Å². The summed E-state index contributed by atoms with van der Waals surface area (Å²) in [7, 11) is 1.46. The normalized spacial score (nSPS) is 18.1. The van der Waals surface area contributed by atoms with Crippen LogP contribution in [-0.4, -0.2) is 65.5 Å². The molecule has 8 nitrogen and oxygen atoms in total. The number of carboxylic acid groups (broad SMARTS) is 1. The van der Waals surface area contributed by atoms with Crippen molar-refractivity contribution in [2.24, 2.45) is 5.92 Å². The zero-order chi connectivity index (χ0) is 24.9. The highest BCUT2D eigenvalue weighted by Crippen LogP contribution is 2.35. The average Bonchev–Trinajstić information content (AvgIpc) is 2.83. The van der Waals surface area contributed by atoms with Crippen molar-refractivity contribution in [3.8, 4) is 0 Å². The summed E-state index contributed by atoms with van der Waals surface area (Å²) in [5.41, 5.74) is 1.74. The minimum absolute atomic E-state index is 0.0618. The molecule has 1 saturated heterocycles. The van der Waals surface area contributed by atoms with Crippen LogP contribution in [0.5, 0.6) is 0 Å². The van der Waals surface area contributed by atoms with E-state index in [4.69, 9.17) is 5.11 Å². The van der Waals surface area contributed by atoms with Gasteiger partial charge in [0.1, 0.15) is 5.69 Å². The number of carbonyl (C=O) groups is 3. The number of alkyl halides is 2. The van der Waals surface area contributed by atoms with Crippen molar-refractivity contribution in [3.63, 3.8) is 0 Å². The van der Waals surface area contributed by atoms with Gasteiger partial charge in [0, 0.05) is 56.2 Å². The number of piperidine rings is 1. The fourth-order valence-electron chi connectivity index (χ4n) is 3.98. The van der Waals surface area contributed by atoms with Gasteiger partial charge < -0.3 is 20.6 Å².